The molecule has 148 valence electrons. The van der Waals surface area contributed by atoms with Crippen molar-refractivity contribution in [2.24, 2.45) is 16.7 Å². The summed E-state index contributed by atoms with van der Waals surface area (Å²) in [6.07, 6.45) is 1.27. The van der Waals surface area contributed by atoms with Crippen LogP contribution in [0.4, 0.5) is 0 Å². The zero-order valence-electron chi connectivity index (χ0n) is 18.2. The van der Waals surface area contributed by atoms with Crippen molar-refractivity contribution in [3.63, 3.8) is 0 Å². The zero-order valence-corrected chi connectivity index (χ0v) is 18.2. The third-order valence-corrected chi connectivity index (χ3v) is 4.58. The van der Waals surface area contributed by atoms with E-state index in [1.54, 1.807) is 7.11 Å². The number of hydrogen-bond acceptors (Lipinski definition) is 3. The van der Waals surface area contributed by atoms with Crippen molar-refractivity contribution in [3.05, 3.63) is 35.4 Å². The van der Waals surface area contributed by atoms with Crippen LogP contribution in [0, 0.1) is 16.7 Å². The highest BCUT2D eigenvalue weighted by Crippen LogP contribution is 2.39. The predicted molar refractivity (Wildman–Crippen MR) is 108 cm³/mol. The van der Waals surface area contributed by atoms with Gasteiger partial charge in [-0.3, -0.25) is 0 Å². The summed E-state index contributed by atoms with van der Waals surface area (Å²) in [5.41, 5.74) is 2.06. The molecular weight excluding hydrogens is 324 g/mol. The minimum Gasteiger partial charge on any atom is -0.432 e. The molecule has 0 radical (unpaired) electrons. The molecule has 0 spiro atoms. The van der Waals surface area contributed by atoms with Gasteiger partial charge in [-0.2, -0.15) is 0 Å². The molecule has 2 atom stereocenters. The van der Waals surface area contributed by atoms with E-state index in [9.17, 15) is 4.79 Å². The largest absolute Gasteiger partial charge is 0.432 e. The van der Waals surface area contributed by atoms with Gasteiger partial charge in [0.05, 0.1) is 5.56 Å². The van der Waals surface area contributed by atoms with Crippen LogP contribution in [-0.2, 0) is 9.47 Å². The van der Waals surface area contributed by atoms with Crippen molar-refractivity contribution in [3.8, 4) is 0 Å². The van der Waals surface area contributed by atoms with E-state index in [1.165, 1.54) is 5.56 Å². The minimum atomic E-state index is -0.523. The standard InChI is InChI=1S/C23H38O3/c1-16(2)14-19(23(6,7)8)17-10-12-18(13-11-17)21(24)26-20(25-9)15-22(3,4)5/h10-13,16,19-20H,14-15H2,1-9H3. The lowest BCUT2D eigenvalue weighted by Crippen LogP contribution is -2.25. The third-order valence-electron chi connectivity index (χ3n) is 4.58. The maximum absolute atomic E-state index is 12.5. The van der Waals surface area contributed by atoms with E-state index in [2.05, 4.69) is 67.5 Å². The quantitative estimate of drug-likeness (QED) is 0.414. The molecule has 0 aliphatic rings. The van der Waals surface area contributed by atoms with E-state index in [4.69, 9.17) is 9.47 Å². The predicted octanol–water partition coefficient (Wildman–Crippen LogP) is 6.43. The molecule has 0 heterocycles. The van der Waals surface area contributed by atoms with Crippen molar-refractivity contribution in [1.29, 1.82) is 0 Å². The molecule has 1 rings (SSSR count). The summed E-state index contributed by atoms with van der Waals surface area (Å²) in [6, 6.07) is 7.89. The number of carbonyl (C=O) groups is 1. The van der Waals surface area contributed by atoms with Crippen LogP contribution in [0.25, 0.3) is 0 Å². The normalized spacial score (nSPS) is 15.0. The maximum Gasteiger partial charge on any atom is 0.340 e. The van der Waals surface area contributed by atoms with Crippen molar-refractivity contribution >= 4 is 5.97 Å². The van der Waals surface area contributed by atoms with Crippen molar-refractivity contribution in [1.82, 2.24) is 0 Å². The molecule has 0 saturated heterocycles. The molecule has 0 fully saturated rings. The number of benzene rings is 1. The number of methoxy groups -OCH3 is 1. The first-order chi connectivity index (χ1) is 11.8. The van der Waals surface area contributed by atoms with Gasteiger partial charge in [0.2, 0.25) is 6.29 Å². The summed E-state index contributed by atoms with van der Waals surface area (Å²) in [6.45, 7) is 17.6. The molecule has 1 aromatic carbocycles. The first kappa shape index (κ1) is 22.7. The smallest absolute Gasteiger partial charge is 0.340 e. The van der Waals surface area contributed by atoms with Crippen molar-refractivity contribution < 1.29 is 14.3 Å². The fraction of sp³-hybridized carbons (Fsp3) is 0.696. The van der Waals surface area contributed by atoms with Gasteiger partial charge in [-0.25, -0.2) is 4.79 Å². The average Bonchev–Trinajstić information content (AvgIpc) is 2.49. The molecule has 2 unspecified atom stereocenters. The van der Waals surface area contributed by atoms with E-state index in [0.717, 1.165) is 6.42 Å². The Bertz CT molecular complexity index is 559. The van der Waals surface area contributed by atoms with Crippen LogP contribution in [0.1, 0.15) is 90.1 Å². The third kappa shape index (κ3) is 7.49. The van der Waals surface area contributed by atoms with E-state index < -0.39 is 6.29 Å². The SMILES string of the molecule is COC(CC(C)(C)C)OC(=O)c1ccc(C(CC(C)C)C(C)(C)C)cc1. The van der Waals surface area contributed by atoms with Crippen molar-refractivity contribution in [2.45, 2.75) is 80.4 Å². The second-order valence-electron chi connectivity index (χ2n) is 10.0. The molecule has 0 bridgehead atoms. The van der Waals surface area contributed by atoms with E-state index >= 15 is 0 Å². The topological polar surface area (TPSA) is 35.5 Å². The van der Waals surface area contributed by atoms with Crippen molar-refractivity contribution in [2.75, 3.05) is 7.11 Å². The molecule has 1 aromatic rings. The molecule has 0 saturated carbocycles. The van der Waals surface area contributed by atoms with Crippen LogP contribution >= 0.6 is 0 Å². The summed E-state index contributed by atoms with van der Waals surface area (Å²) in [4.78, 5) is 12.5. The van der Waals surface area contributed by atoms with E-state index in [-0.39, 0.29) is 16.8 Å². The molecule has 0 aliphatic carbocycles. The van der Waals surface area contributed by atoms with Crippen LogP contribution in [0.5, 0.6) is 0 Å². The first-order valence-electron chi connectivity index (χ1n) is 9.67. The minimum absolute atomic E-state index is 0.0294. The van der Waals surface area contributed by atoms with Gasteiger partial charge in [0.15, 0.2) is 0 Å². The van der Waals surface area contributed by atoms with Gasteiger partial charge in [-0.05, 0) is 46.8 Å². The Morgan fingerprint density at radius 3 is 1.92 bits per heavy atom. The van der Waals surface area contributed by atoms with Gasteiger partial charge in [-0.1, -0.05) is 67.5 Å². The lowest BCUT2D eigenvalue weighted by molar-refractivity contribution is -0.107. The number of hydrogen-bond donors (Lipinski definition) is 0. The van der Waals surface area contributed by atoms with Crippen LogP contribution in [-0.4, -0.2) is 19.4 Å². The van der Waals surface area contributed by atoms with Gasteiger partial charge in [-0.15, -0.1) is 0 Å². The molecular formula is C23H38O3. The second-order valence-corrected chi connectivity index (χ2v) is 10.0. The average molecular weight is 363 g/mol. The Kier molecular flexibility index (Phi) is 7.88. The Morgan fingerprint density at radius 1 is 1.00 bits per heavy atom. The van der Waals surface area contributed by atoms with Crippen LogP contribution in [0.2, 0.25) is 0 Å². The van der Waals surface area contributed by atoms with Crippen LogP contribution < -0.4 is 0 Å². The lowest BCUT2D eigenvalue weighted by Gasteiger charge is -2.32. The van der Waals surface area contributed by atoms with Gasteiger partial charge < -0.3 is 9.47 Å². The highest BCUT2D eigenvalue weighted by molar-refractivity contribution is 5.89. The van der Waals surface area contributed by atoms with E-state index in [1.807, 2.05) is 12.1 Å². The Hall–Kier alpha value is -1.35. The molecule has 0 aliphatic heterocycles. The molecule has 26 heavy (non-hydrogen) atoms. The fourth-order valence-corrected chi connectivity index (χ4v) is 3.17. The molecule has 0 aromatic heterocycles. The van der Waals surface area contributed by atoms with Gasteiger partial charge in [0, 0.05) is 13.5 Å². The number of ether oxygens (including phenoxy) is 2. The Balaban J connectivity index is 2.89. The summed E-state index contributed by atoms with van der Waals surface area (Å²) < 4.78 is 10.9. The lowest BCUT2D eigenvalue weighted by atomic mass is 9.72. The molecule has 0 N–H and O–H groups in total. The van der Waals surface area contributed by atoms with Gasteiger partial charge in [0.25, 0.3) is 0 Å². The van der Waals surface area contributed by atoms with Gasteiger partial charge >= 0.3 is 5.97 Å². The zero-order chi connectivity index (χ0) is 20.1. The Labute approximate surface area is 160 Å². The summed E-state index contributed by atoms with van der Waals surface area (Å²) >= 11 is 0. The number of esters is 1. The van der Waals surface area contributed by atoms with Crippen LogP contribution in [0.3, 0.4) is 0 Å². The molecule has 0 amide bonds. The van der Waals surface area contributed by atoms with Crippen LogP contribution in [0.15, 0.2) is 24.3 Å². The number of carbonyl (C=O) groups excluding carboxylic acids is 1. The second kappa shape index (κ2) is 9.03. The highest BCUT2D eigenvalue weighted by atomic mass is 16.7. The molecule has 3 nitrogen and oxygen atoms in total. The summed E-state index contributed by atoms with van der Waals surface area (Å²) in [7, 11) is 1.58. The summed E-state index contributed by atoms with van der Waals surface area (Å²) in [5, 5.41) is 0. The monoisotopic (exact) mass is 362 g/mol. The first-order valence-corrected chi connectivity index (χ1v) is 9.67. The highest BCUT2D eigenvalue weighted by Gasteiger charge is 2.27. The number of rotatable bonds is 7. The molecule has 3 heteroatoms. The fourth-order valence-electron chi connectivity index (χ4n) is 3.17. The van der Waals surface area contributed by atoms with Gasteiger partial charge in [0.1, 0.15) is 0 Å². The summed E-state index contributed by atoms with van der Waals surface area (Å²) in [5.74, 6) is 0.757. The maximum atomic E-state index is 12.5. The Morgan fingerprint density at radius 2 is 1.54 bits per heavy atom. The van der Waals surface area contributed by atoms with E-state index in [0.29, 0.717) is 23.8 Å².